The summed E-state index contributed by atoms with van der Waals surface area (Å²) in [6.07, 6.45) is 0. The molecule has 1 aliphatic heterocycles. The first-order chi connectivity index (χ1) is 14.5. The number of anilines is 1. The molecule has 0 spiro atoms. The van der Waals surface area contributed by atoms with Crippen LogP contribution in [0.3, 0.4) is 0 Å². The van der Waals surface area contributed by atoms with Gasteiger partial charge in [0.2, 0.25) is 0 Å². The molecule has 0 unspecified atom stereocenters. The molecule has 150 valence electrons. The third kappa shape index (κ3) is 2.41. The van der Waals surface area contributed by atoms with Crippen LogP contribution in [-0.2, 0) is 6.54 Å². The summed E-state index contributed by atoms with van der Waals surface area (Å²) in [5.74, 6) is 0.286. The fourth-order valence-electron chi connectivity index (χ4n) is 4.42. The Morgan fingerprint density at radius 1 is 1.03 bits per heavy atom. The number of hydrogen-bond donors (Lipinski definition) is 2. The number of fused-ring (bicyclic) bond motifs is 3. The van der Waals surface area contributed by atoms with E-state index in [2.05, 4.69) is 10.3 Å². The molecule has 30 heavy (non-hydrogen) atoms. The standard InChI is InChI=1S/C23H19N3O4/c1-3-26-21-18(22(28)25-23(26)29)16(12-7-6-8-13(11-12)30-2)17-19(24-21)14-9-4-5-10-15(14)20(17)27/h4-11,16,24H,3H2,1-2H3,(H,25,28,29)/t16-/m1/s1. The highest BCUT2D eigenvalue weighted by molar-refractivity contribution is 6.23. The number of carbonyl (C=O) groups is 1. The lowest BCUT2D eigenvalue weighted by Crippen LogP contribution is -2.38. The van der Waals surface area contributed by atoms with Crippen molar-refractivity contribution in [3.8, 4) is 5.75 Å². The van der Waals surface area contributed by atoms with Gasteiger partial charge in [-0.05, 0) is 24.6 Å². The Hall–Kier alpha value is -3.87. The first kappa shape index (κ1) is 18.2. The molecule has 1 aromatic heterocycles. The Kier molecular flexibility index (Phi) is 3.99. The number of nitrogens with one attached hydrogen (secondary N) is 2. The quantitative estimate of drug-likeness (QED) is 0.704. The van der Waals surface area contributed by atoms with Crippen LogP contribution in [0.25, 0.3) is 5.70 Å². The third-order valence-corrected chi connectivity index (χ3v) is 5.75. The molecule has 1 atom stereocenters. The first-order valence-electron chi connectivity index (χ1n) is 9.71. The van der Waals surface area contributed by atoms with Gasteiger partial charge in [0.15, 0.2) is 5.78 Å². The lowest BCUT2D eigenvalue weighted by molar-refractivity contribution is 0.103. The third-order valence-electron chi connectivity index (χ3n) is 5.75. The number of nitrogens with zero attached hydrogens (tertiary/aromatic N) is 1. The number of H-pyrrole nitrogens is 1. The van der Waals surface area contributed by atoms with Crippen LogP contribution in [0.2, 0.25) is 0 Å². The Morgan fingerprint density at radius 2 is 1.80 bits per heavy atom. The minimum Gasteiger partial charge on any atom is -0.497 e. The van der Waals surface area contributed by atoms with Crippen molar-refractivity contribution in [1.29, 1.82) is 0 Å². The lowest BCUT2D eigenvalue weighted by Gasteiger charge is -2.29. The second-order valence-corrected chi connectivity index (χ2v) is 7.26. The van der Waals surface area contributed by atoms with Crippen molar-refractivity contribution in [3.05, 3.63) is 97.2 Å². The molecule has 2 N–H and O–H groups in total. The van der Waals surface area contributed by atoms with Gasteiger partial charge >= 0.3 is 5.69 Å². The summed E-state index contributed by atoms with van der Waals surface area (Å²) >= 11 is 0. The fourth-order valence-corrected chi connectivity index (χ4v) is 4.42. The van der Waals surface area contributed by atoms with Crippen molar-refractivity contribution in [2.45, 2.75) is 19.4 Å². The smallest absolute Gasteiger partial charge is 0.329 e. The Labute approximate surface area is 171 Å². The van der Waals surface area contributed by atoms with Crippen LogP contribution in [-0.4, -0.2) is 22.4 Å². The van der Waals surface area contributed by atoms with E-state index >= 15 is 0 Å². The molecular weight excluding hydrogens is 382 g/mol. The Balaban J connectivity index is 1.87. The summed E-state index contributed by atoms with van der Waals surface area (Å²) in [6.45, 7) is 2.20. The van der Waals surface area contributed by atoms with Gasteiger partial charge in [-0.3, -0.25) is 19.1 Å². The van der Waals surface area contributed by atoms with Crippen LogP contribution in [0.15, 0.2) is 63.7 Å². The maximum atomic E-state index is 13.4. The number of benzene rings is 2. The summed E-state index contributed by atoms with van der Waals surface area (Å²) in [7, 11) is 1.57. The molecule has 2 heterocycles. The minimum atomic E-state index is -0.631. The van der Waals surface area contributed by atoms with Gasteiger partial charge in [-0.1, -0.05) is 36.4 Å². The van der Waals surface area contributed by atoms with Crippen LogP contribution in [0.1, 0.15) is 39.9 Å². The SMILES string of the molecule is CCn1c2c(c(=O)[nH]c1=O)[C@H](c1cccc(OC)c1)C1=C(N2)c2ccccc2C1=O. The van der Waals surface area contributed by atoms with E-state index in [0.717, 1.165) is 11.1 Å². The summed E-state index contributed by atoms with van der Waals surface area (Å²) in [5, 5.41) is 3.25. The van der Waals surface area contributed by atoms with Crippen molar-refractivity contribution in [3.63, 3.8) is 0 Å². The zero-order valence-electron chi connectivity index (χ0n) is 16.5. The van der Waals surface area contributed by atoms with E-state index in [-0.39, 0.29) is 5.78 Å². The molecular formula is C23H19N3O4. The largest absolute Gasteiger partial charge is 0.497 e. The van der Waals surface area contributed by atoms with Gasteiger partial charge in [-0.15, -0.1) is 0 Å². The Morgan fingerprint density at radius 3 is 2.53 bits per heavy atom. The summed E-state index contributed by atoms with van der Waals surface area (Å²) in [4.78, 5) is 41.2. The van der Waals surface area contributed by atoms with Crippen LogP contribution in [0, 0.1) is 0 Å². The fraction of sp³-hybridized carbons (Fsp3) is 0.174. The zero-order valence-corrected chi connectivity index (χ0v) is 16.5. The Bertz CT molecular complexity index is 1360. The van der Waals surface area contributed by atoms with Crippen LogP contribution in [0.5, 0.6) is 5.75 Å². The summed E-state index contributed by atoms with van der Waals surface area (Å²) in [6, 6.07) is 14.7. The molecule has 7 heteroatoms. The van der Waals surface area contributed by atoms with E-state index in [9.17, 15) is 14.4 Å². The highest BCUT2D eigenvalue weighted by Gasteiger charge is 2.42. The molecule has 3 aromatic rings. The average molecular weight is 401 g/mol. The normalized spacial score (nSPS) is 16.6. The molecule has 0 saturated carbocycles. The molecule has 1 aliphatic carbocycles. The predicted octanol–water partition coefficient (Wildman–Crippen LogP) is 2.73. The maximum absolute atomic E-state index is 13.4. The number of methoxy groups -OCH3 is 1. The second kappa shape index (κ2) is 6.59. The van der Waals surface area contributed by atoms with E-state index in [0.29, 0.717) is 40.5 Å². The highest BCUT2D eigenvalue weighted by Crippen LogP contribution is 2.48. The number of rotatable bonds is 3. The molecule has 0 bridgehead atoms. The topological polar surface area (TPSA) is 93.2 Å². The second-order valence-electron chi connectivity index (χ2n) is 7.26. The molecule has 2 aromatic carbocycles. The van der Waals surface area contributed by atoms with Crippen molar-refractivity contribution in [1.82, 2.24) is 9.55 Å². The lowest BCUT2D eigenvalue weighted by atomic mass is 9.81. The van der Waals surface area contributed by atoms with Crippen LogP contribution >= 0.6 is 0 Å². The number of aromatic amines is 1. The van der Waals surface area contributed by atoms with E-state index in [1.54, 1.807) is 13.2 Å². The highest BCUT2D eigenvalue weighted by atomic mass is 16.5. The van der Waals surface area contributed by atoms with Gasteiger partial charge < -0.3 is 10.1 Å². The van der Waals surface area contributed by atoms with Gasteiger partial charge in [0.25, 0.3) is 5.56 Å². The number of allylic oxidation sites excluding steroid dienone is 1. The van der Waals surface area contributed by atoms with Gasteiger partial charge in [-0.2, -0.15) is 0 Å². The maximum Gasteiger partial charge on any atom is 0.329 e. The van der Waals surface area contributed by atoms with Crippen molar-refractivity contribution in [2.24, 2.45) is 0 Å². The van der Waals surface area contributed by atoms with E-state index in [1.165, 1.54) is 4.57 Å². The summed E-state index contributed by atoms with van der Waals surface area (Å²) in [5.41, 5.74) is 2.60. The number of Topliss-reactive ketones (excluding diaryl/α,β-unsaturated/α-hetero) is 1. The number of ether oxygens (including phenoxy) is 1. The van der Waals surface area contributed by atoms with Gasteiger partial charge in [-0.25, -0.2) is 4.79 Å². The minimum absolute atomic E-state index is 0.125. The zero-order chi connectivity index (χ0) is 21.0. The summed E-state index contributed by atoms with van der Waals surface area (Å²) < 4.78 is 6.86. The number of carbonyl (C=O) groups excluding carboxylic acids is 1. The van der Waals surface area contributed by atoms with Crippen molar-refractivity contribution >= 4 is 17.3 Å². The van der Waals surface area contributed by atoms with Crippen LogP contribution in [0.4, 0.5) is 5.82 Å². The van der Waals surface area contributed by atoms with Crippen molar-refractivity contribution in [2.75, 3.05) is 12.4 Å². The number of aromatic nitrogens is 2. The molecule has 0 fully saturated rings. The first-order valence-corrected chi connectivity index (χ1v) is 9.71. The molecule has 5 rings (SSSR count). The molecule has 2 aliphatic rings. The van der Waals surface area contributed by atoms with Crippen molar-refractivity contribution < 1.29 is 9.53 Å². The molecule has 0 radical (unpaired) electrons. The van der Waals surface area contributed by atoms with Crippen LogP contribution < -0.4 is 21.3 Å². The molecule has 0 saturated heterocycles. The van der Waals surface area contributed by atoms with Gasteiger partial charge in [0, 0.05) is 29.2 Å². The molecule has 7 nitrogen and oxygen atoms in total. The van der Waals surface area contributed by atoms with E-state index in [1.807, 2.05) is 49.4 Å². The predicted molar refractivity (Wildman–Crippen MR) is 113 cm³/mol. The number of ketones is 1. The monoisotopic (exact) mass is 401 g/mol. The number of hydrogen-bond acceptors (Lipinski definition) is 5. The molecule has 0 amide bonds. The van der Waals surface area contributed by atoms with Gasteiger partial charge in [0.1, 0.15) is 11.6 Å². The van der Waals surface area contributed by atoms with Gasteiger partial charge in [0.05, 0.1) is 18.4 Å². The average Bonchev–Trinajstić information content (AvgIpc) is 3.05. The van der Waals surface area contributed by atoms with E-state index < -0.39 is 17.2 Å². The van der Waals surface area contributed by atoms with E-state index in [4.69, 9.17) is 4.74 Å².